The molecule has 2 nitrogen and oxygen atoms in total. The Labute approximate surface area is 94.5 Å². The van der Waals surface area contributed by atoms with E-state index in [0.29, 0.717) is 6.61 Å². The molecule has 0 heterocycles. The zero-order valence-electron chi connectivity index (χ0n) is 8.28. The minimum atomic E-state index is 0.296. The number of benzene rings is 1. The van der Waals surface area contributed by atoms with Crippen LogP contribution in [0.1, 0.15) is 12.0 Å². The molecular formula is C12H12ClO2. The number of hydrogen-bond acceptors (Lipinski definition) is 2. The predicted molar refractivity (Wildman–Crippen MR) is 60.6 cm³/mol. The van der Waals surface area contributed by atoms with Crippen LogP contribution in [0.25, 0.3) is 0 Å². The molecule has 0 spiro atoms. The molecule has 0 N–H and O–H groups in total. The third-order valence-electron chi connectivity index (χ3n) is 1.92. The highest BCUT2D eigenvalue weighted by Gasteiger charge is 1.91. The maximum Gasteiger partial charge on any atom is 0.417 e. The van der Waals surface area contributed by atoms with Crippen molar-refractivity contribution in [1.82, 2.24) is 0 Å². The van der Waals surface area contributed by atoms with Crippen LogP contribution < -0.4 is 0 Å². The van der Waals surface area contributed by atoms with E-state index in [4.69, 9.17) is 11.6 Å². The van der Waals surface area contributed by atoms with Crippen molar-refractivity contribution in [3.8, 4) is 0 Å². The summed E-state index contributed by atoms with van der Waals surface area (Å²) >= 11 is 5.76. The van der Waals surface area contributed by atoms with Crippen LogP contribution in [-0.4, -0.2) is 13.1 Å². The lowest BCUT2D eigenvalue weighted by atomic mass is 10.1. The summed E-state index contributed by atoms with van der Waals surface area (Å²) in [6.45, 7) is 1.66. The van der Waals surface area contributed by atoms with Crippen molar-refractivity contribution in [3.05, 3.63) is 47.0 Å². The van der Waals surface area contributed by atoms with Crippen molar-refractivity contribution in [1.29, 1.82) is 0 Å². The van der Waals surface area contributed by atoms with E-state index in [1.165, 1.54) is 12.0 Å². The van der Waals surface area contributed by atoms with Crippen LogP contribution in [0, 0.1) is 0 Å². The standard InChI is InChI=1S/C12H12ClO2/c13-12-7-5-11(6-8-12)4-2-1-3-9-15-10-14/h1,3,5-8H,2,4,9H2. The molecule has 1 aromatic carbocycles. The summed E-state index contributed by atoms with van der Waals surface area (Å²) in [5, 5.41) is 0.754. The number of hydrogen-bond donors (Lipinski definition) is 0. The van der Waals surface area contributed by atoms with Gasteiger partial charge in [-0.05, 0) is 30.5 Å². The number of carbonyl (C=O) groups excluding carboxylic acids is 1. The molecule has 1 radical (unpaired) electrons. The summed E-state index contributed by atoms with van der Waals surface area (Å²) in [5.41, 5.74) is 1.24. The molecule has 0 saturated heterocycles. The van der Waals surface area contributed by atoms with E-state index in [2.05, 4.69) is 4.74 Å². The minimum absolute atomic E-state index is 0.296. The molecule has 0 aromatic heterocycles. The van der Waals surface area contributed by atoms with Crippen molar-refractivity contribution in [2.75, 3.05) is 6.61 Å². The van der Waals surface area contributed by atoms with Gasteiger partial charge in [-0.15, -0.1) is 0 Å². The lowest BCUT2D eigenvalue weighted by molar-refractivity contribution is 0.313. The van der Waals surface area contributed by atoms with Gasteiger partial charge in [0, 0.05) is 5.02 Å². The second-order valence-corrected chi connectivity index (χ2v) is 3.47. The van der Waals surface area contributed by atoms with E-state index >= 15 is 0 Å². The number of allylic oxidation sites excluding steroid dienone is 1. The van der Waals surface area contributed by atoms with Gasteiger partial charge in [-0.25, -0.2) is 4.79 Å². The SMILES string of the molecule is O=[C]OCC=CCCc1ccc(Cl)cc1. The molecule has 0 fully saturated rings. The number of halogens is 1. The van der Waals surface area contributed by atoms with Crippen LogP contribution in [-0.2, 0) is 16.0 Å². The van der Waals surface area contributed by atoms with E-state index in [1.807, 2.05) is 30.3 Å². The molecule has 1 rings (SSSR count). The summed E-state index contributed by atoms with van der Waals surface area (Å²) in [5.74, 6) is 0. The summed E-state index contributed by atoms with van der Waals surface area (Å²) in [4.78, 5) is 9.70. The first-order valence-corrected chi connectivity index (χ1v) is 5.09. The van der Waals surface area contributed by atoms with Crippen molar-refractivity contribution in [2.45, 2.75) is 12.8 Å². The van der Waals surface area contributed by atoms with E-state index in [0.717, 1.165) is 17.9 Å². The van der Waals surface area contributed by atoms with Crippen LogP contribution in [0.4, 0.5) is 0 Å². The summed E-state index contributed by atoms with van der Waals surface area (Å²) in [7, 11) is 0. The molecule has 0 unspecified atom stereocenters. The fourth-order valence-electron chi connectivity index (χ4n) is 1.17. The Morgan fingerprint density at radius 1 is 1.27 bits per heavy atom. The van der Waals surface area contributed by atoms with E-state index < -0.39 is 0 Å². The quantitative estimate of drug-likeness (QED) is 0.548. The fourth-order valence-corrected chi connectivity index (χ4v) is 1.30. The molecule has 79 valence electrons. The summed E-state index contributed by atoms with van der Waals surface area (Å²) in [6, 6.07) is 7.77. The van der Waals surface area contributed by atoms with Crippen molar-refractivity contribution in [2.24, 2.45) is 0 Å². The van der Waals surface area contributed by atoms with Gasteiger partial charge < -0.3 is 4.74 Å². The van der Waals surface area contributed by atoms with Crippen molar-refractivity contribution in [3.63, 3.8) is 0 Å². The zero-order valence-corrected chi connectivity index (χ0v) is 9.04. The fraction of sp³-hybridized carbons (Fsp3) is 0.250. The Balaban J connectivity index is 2.22. The maximum absolute atomic E-state index is 9.70. The molecule has 0 amide bonds. The van der Waals surface area contributed by atoms with Gasteiger partial charge in [0.25, 0.3) is 0 Å². The molecule has 0 aliphatic carbocycles. The zero-order chi connectivity index (χ0) is 10.9. The van der Waals surface area contributed by atoms with Crippen LogP contribution >= 0.6 is 11.6 Å². The highest BCUT2D eigenvalue weighted by molar-refractivity contribution is 6.30. The number of ether oxygens (including phenoxy) is 1. The lowest BCUT2D eigenvalue weighted by Gasteiger charge is -1.97. The molecule has 0 aliphatic heterocycles. The van der Waals surface area contributed by atoms with Gasteiger partial charge in [0.2, 0.25) is 0 Å². The predicted octanol–water partition coefficient (Wildman–Crippen LogP) is 2.91. The first-order chi connectivity index (χ1) is 7.33. The van der Waals surface area contributed by atoms with Crippen LogP contribution in [0.5, 0.6) is 0 Å². The maximum atomic E-state index is 9.70. The first-order valence-electron chi connectivity index (χ1n) is 4.71. The van der Waals surface area contributed by atoms with E-state index in [9.17, 15) is 4.79 Å². The largest absolute Gasteiger partial charge is 0.453 e. The van der Waals surface area contributed by atoms with E-state index in [1.54, 1.807) is 6.08 Å². The van der Waals surface area contributed by atoms with Gasteiger partial charge in [0.15, 0.2) is 0 Å². The van der Waals surface area contributed by atoms with Crippen LogP contribution in [0.15, 0.2) is 36.4 Å². The number of rotatable bonds is 6. The third-order valence-corrected chi connectivity index (χ3v) is 2.17. The molecule has 0 aliphatic rings. The molecule has 15 heavy (non-hydrogen) atoms. The Kier molecular flexibility index (Phi) is 5.56. The molecule has 0 bridgehead atoms. The lowest BCUT2D eigenvalue weighted by Crippen LogP contribution is -1.86. The Morgan fingerprint density at radius 3 is 2.67 bits per heavy atom. The van der Waals surface area contributed by atoms with Gasteiger partial charge >= 0.3 is 6.47 Å². The van der Waals surface area contributed by atoms with Crippen molar-refractivity contribution < 1.29 is 9.53 Å². The smallest absolute Gasteiger partial charge is 0.417 e. The van der Waals surface area contributed by atoms with Gasteiger partial charge in [0.05, 0.1) is 0 Å². The average Bonchev–Trinajstić information content (AvgIpc) is 2.26. The Bertz CT molecular complexity index is 317. The third kappa shape index (κ3) is 5.23. The minimum Gasteiger partial charge on any atom is -0.453 e. The second kappa shape index (κ2) is 7.07. The molecule has 0 saturated carbocycles. The summed E-state index contributed by atoms with van der Waals surface area (Å²) in [6.07, 6.45) is 5.66. The molecule has 1 aromatic rings. The van der Waals surface area contributed by atoms with E-state index in [-0.39, 0.29) is 0 Å². The van der Waals surface area contributed by atoms with Gasteiger partial charge in [-0.1, -0.05) is 35.9 Å². The normalized spacial score (nSPS) is 10.5. The number of aryl methyl sites for hydroxylation is 1. The highest BCUT2D eigenvalue weighted by Crippen LogP contribution is 2.10. The monoisotopic (exact) mass is 223 g/mol. The Morgan fingerprint density at radius 2 is 2.00 bits per heavy atom. The van der Waals surface area contributed by atoms with Gasteiger partial charge in [-0.2, -0.15) is 0 Å². The Hall–Kier alpha value is -1.28. The topological polar surface area (TPSA) is 26.3 Å². The molecule has 3 heteroatoms. The molecular weight excluding hydrogens is 212 g/mol. The summed E-state index contributed by atoms with van der Waals surface area (Å²) < 4.78 is 4.39. The first kappa shape index (κ1) is 11.8. The van der Waals surface area contributed by atoms with Crippen LogP contribution in [0.3, 0.4) is 0 Å². The van der Waals surface area contributed by atoms with Gasteiger partial charge in [0.1, 0.15) is 6.61 Å². The average molecular weight is 224 g/mol. The van der Waals surface area contributed by atoms with Crippen molar-refractivity contribution >= 4 is 18.1 Å². The molecule has 0 atom stereocenters. The second-order valence-electron chi connectivity index (χ2n) is 3.03. The highest BCUT2D eigenvalue weighted by atomic mass is 35.5. The van der Waals surface area contributed by atoms with Gasteiger partial charge in [-0.3, -0.25) is 0 Å². The van der Waals surface area contributed by atoms with Crippen LogP contribution in [0.2, 0.25) is 5.02 Å².